The van der Waals surface area contributed by atoms with Crippen LogP contribution in [0, 0.1) is 5.92 Å². The summed E-state index contributed by atoms with van der Waals surface area (Å²) in [4.78, 5) is 3.88. The SMILES string of the molecule is CCCC1CC1NS(=O)(=O)c1ncccc1NN. The van der Waals surface area contributed by atoms with E-state index in [0.717, 1.165) is 19.3 Å². The number of aromatic nitrogens is 1. The zero-order chi connectivity index (χ0) is 13.2. The zero-order valence-electron chi connectivity index (χ0n) is 10.3. The van der Waals surface area contributed by atoms with Crippen molar-refractivity contribution in [3.63, 3.8) is 0 Å². The minimum absolute atomic E-state index is 0.0441. The fraction of sp³-hybridized carbons (Fsp3) is 0.545. The minimum Gasteiger partial charge on any atom is -0.321 e. The van der Waals surface area contributed by atoms with Gasteiger partial charge in [-0.3, -0.25) is 5.84 Å². The van der Waals surface area contributed by atoms with Gasteiger partial charge >= 0.3 is 0 Å². The Kier molecular flexibility index (Phi) is 3.84. The Morgan fingerprint density at radius 3 is 3.00 bits per heavy atom. The molecule has 0 bridgehead atoms. The molecule has 0 radical (unpaired) electrons. The smallest absolute Gasteiger partial charge is 0.260 e. The molecular formula is C11H18N4O2S. The number of nitrogens with one attached hydrogen (secondary N) is 2. The highest BCUT2D eigenvalue weighted by atomic mass is 32.2. The molecule has 7 heteroatoms. The number of nitrogens with zero attached hydrogens (tertiary/aromatic N) is 1. The summed E-state index contributed by atoms with van der Waals surface area (Å²) in [6.07, 6.45) is 4.47. The highest BCUT2D eigenvalue weighted by Crippen LogP contribution is 2.35. The van der Waals surface area contributed by atoms with Gasteiger partial charge in [0.05, 0.1) is 5.69 Å². The van der Waals surface area contributed by atoms with Crippen LogP contribution in [0.3, 0.4) is 0 Å². The van der Waals surface area contributed by atoms with Crippen LogP contribution in [-0.4, -0.2) is 19.4 Å². The van der Waals surface area contributed by atoms with Crippen LogP contribution >= 0.6 is 0 Å². The summed E-state index contributed by atoms with van der Waals surface area (Å²) in [5.41, 5.74) is 2.65. The monoisotopic (exact) mass is 270 g/mol. The molecule has 2 rings (SSSR count). The first kappa shape index (κ1) is 13.3. The van der Waals surface area contributed by atoms with E-state index in [1.54, 1.807) is 12.1 Å². The maximum Gasteiger partial charge on any atom is 0.260 e. The molecule has 0 aliphatic heterocycles. The van der Waals surface area contributed by atoms with Gasteiger partial charge in [0, 0.05) is 12.2 Å². The van der Waals surface area contributed by atoms with E-state index in [1.165, 1.54) is 6.20 Å². The molecule has 1 aromatic heterocycles. The van der Waals surface area contributed by atoms with Gasteiger partial charge in [-0.1, -0.05) is 13.3 Å². The van der Waals surface area contributed by atoms with Crippen LogP contribution < -0.4 is 16.0 Å². The van der Waals surface area contributed by atoms with Crippen LogP contribution in [0.2, 0.25) is 0 Å². The van der Waals surface area contributed by atoms with Crippen molar-refractivity contribution >= 4 is 15.7 Å². The van der Waals surface area contributed by atoms with Crippen molar-refractivity contribution in [1.82, 2.24) is 9.71 Å². The first-order valence-electron chi connectivity index (χ1n) is 6.02. The molecule has 1 saturated carbocycles. The predicted molar refractivity (Wildman–Crippen MR) is 69.2 cm³/mol. The molecule has 6 nitrogen and oxygen atoms in total. The number of hydrogen-bond acceptors (Lipinski definition) is 5. The number of hydrazine groups is 1. The topological polar surface area (TPSA) is 97.1 Å². The van der Waals surface area contributed by atoms with E-state index in [1.807, 2.05) is 0 Å². The van der Waals surface area contributed by atoms with Crippen molar-refractivity contribution in [2.45, 2.75) is 37.3 Å². The molecule has 0 aromatic carbocycles. The summed E-state index contributed by atoms with van der Waals surface area (Å²) in [7, 11) is -3.59. The average molecular weight is 270 g/mol. The van der Waals surface area contributed by atoms with Crippen molar-refractivity contribution in [2.75, 3.05) is 5.43 Å². The number of nitrogen functional groups attached to an aromatic ring is 1. The lowest BCUT2D eigenvalue weighted by molar-refractivity contribution is 0.570. The largest absolute Gasteiger partial charge is 0.321 e. The molecule has 2 unspecified atom stereocenters. The first-order valence-corrected chi connectivity index (χ1v) is 7.50. The quantitative estimate of drug-likeness (QED) is 0.525. The van der Waals surface area contributed by atoms with Crippen LogP contribution in [0.25, 0.3) is 0 Å². The molecule has 0 saturated heterocycles. The van der Waals surface area contributed by atoms with Gasteiger partial charge in [0.15, 0.2) is 5.03 Å². The lowest BCUT2D eigenvalue weighted by Gasteiger charge is -2.09. The van der Waals surface area contributed by atoms with E-state index in [0.29, 0.717) is 11.6 Å². The molecule has 1 heterocycles. The van der Waals surface area contributed by atoms with Gasteiger partial charge in [0.25, 0.3) is 10.0 Å². The summed E-state index contributed by atoms with van der Waals surface area (Å²) in [6.45, 7) is 2.10. The van der Waals surface area contributed by atoms with Crippen LogP contribution in [0.1, 0.15) is 26.2 Å². The Labute approximate surface area is 107 Å². The third-order valence-corrected chi connectivity index (χ3v) is 4.52. The highest BCUT2D eigenvalue weighted by Gasteiger charge is 2.40. The molecule has 1 aliphatic rings. The third kappa shape index (κ3) is 2.80. The Bertz CT molecular complexity index is 518. The van der Waals surface area contributed by atoms with Gasteiger partial charge in [-0.15, -0.1) is 0 Å². The van der Waals surface area contributed by atoms with Crippen molar-refractivity contribution in [1.29, 1.82) is 0 Å². The minimum atomic E-state index is -3.59. The van der Waals surface area contributed by atoms with Crippen molar-refractivity contribution in [2.24, 2.45) is 11.8 Å². The maximum absolute atomic E-state index is 12.1. The summed E-state index contributed by atoms with van der Waals surface area (Å²) >= 11 is 0. The van der Waals surface area contributed by atoms with Crippen LogP contribution in [0.5, 0.6) is 0 Å². The third-order valence-electron chi connectivity index (χ3n) is 3.07. The summed E-state index contributed by atoms with van der Waals surface area (Å²) in [6, 6.07) is 3.26. The molecule has 100 valence electrons. The number of sulfonamides is 1. The summed E-state index contributed by atoms with van der Waals surface area (Å²) < 4.78 is 27.0. The Balaban J connectivity index is 2.12. The number of rotatable bonds is 6. The lowest BCUT2D eigenvalue weighted by Crippen LogP contribution is -2.29. The van der Waals surface area contributed by atoms with Gasteiger partial charge < -0.3 is 5.43 Å². The second-order valence-electron chi connectivity index (χ2n) is 4.51. The second kappa shape index (κ2) is 5.21. The second-order valence-corrected chi connectivity index (χ2v) is 6.14. The van der Waals surface area contributed by atoms with Crippen LogP contribution in [-0.2, 0) is 10.0 Å². The van der Waals surface area contributed by atoms with Gasteiger partial charge in [0.1, 0.15) is 0 Å². The average Bonchev–Trinajstić information content (AvgIpc) is 3.07. The summed E-state index contributed by atoms with van der Waals surface area (Å²) in [5.74, 6) is 5.75. The standard InChI is InChI=1S/C11H18N4O2S/c1-2-4-8-7-10(8)15-18(16,17)11-9(14-12)5-3-6-13-11/h3,5-6,8,10,14-15H,2,4,7,12H2,1H3. The molecular weight excluding hydrogens is 252 g/mol. The van der Waals surface area contributed by atoms with Crippen molar-refractivity contribution in [3.8, 4) is 0 Å². The number of hydrogen-bond donors (Lipinski definition) is 3. The van der Waals surface area contributed by atoms with E-state index >= 15 is 0 Å². The number of anilines is 1. The molecule has 0 spiro atoms. The summed E-state index contributed by atoms with van der Waals surface area (Å²) in [5, 5.41) is -0.0466. The fourth-order valence-electron chi connectivity index (χ4n) is 2.05. The Morgan fingerprint density at radius 1 is 1.56 bits per heavy atom. The van der Waals surface area contributed by atoms with Gasteiger partial charge in [-0.25, -0.2) is 18.1 Å². The molecule has 1 aromatic rings. The normalized spacial score (nSPS) is 22.8. The maximum atomic E-state index is 12.1. The molecule has 1 aliphatic carbocycles. The van der Waals surface area contributed by atoms with Crippen molar-refractivity contribution in [3.05, 3.63) is 18.3 Å². The van der Waals surface area contributed by atoms with Crippen molar-refractivity contribution < 1.29 is 8.42 Å². The molecule has 2 atom stereocenters. The van der Waals surface area contributed by atoms with E-state index in [4.69, 9.17) is 5.84 Å². The van der Waals surface area contributed by atoms with E-state index < -0.39 is 10.0 Å². The van der Waals surface area contributed by atoms with Crippen LogP contribution in [0.15, 0.2) is 23.4 Å². The van der Waals surface area contributed by atoms with E-state index in [-0.39, 0.29) is 11.1 Å². The lowest BCUT2D eigenvalue weighted by atomic mass is 10.2. The predicted octanol–water partition coefficient (Wildman–Crippen LogP) is 0.834. The molecule has 4 N–H and O–H groups in total. The first-order chi connectivity index (χ1) is 8.58. The van der Waals surface area contributed by atoms with Gasteiger partial charge in [-0.05, 0) is 30.9 Å². The zero-order valence-corrected chi connectivity index (χ0v) is 11.1. The van der Waals surface area contributed by atoms with Gasteiger partial charge in [-0.2, -0.15) is 0 Å². The van der Waals surface area contributed by atoms with Gasteiger partial charge in [0.2, 0.25) is 0 Å². The van der Waals surface area contributed by atoms with E-state index in [2.05, 4.69) is 22.1 Å². The highest BCUT2D eigenvalue weighted by molar-refractivity contribution is 7.89. The van der Waals surface area contributed by atoms with Crippen LogP contribution in [0.4, 0.5) is 5.69 Å². The molecule has 0 amide bonds. The number of nitrogens with two attached hydrogens (primary N) is 1. The Hall–Kier alpha value is -1.18. The number of pyridine rings is 1. The Morgan fingerprint density at radius 2 is 2.33 bits per heavy atom. The fourth-order valence-corrected chi connectivity index (χ4v) is 3.47. The molecule has 1 fully saturated rings. The van der Waals surface area contributed by atoms with E-state index in [9.17, 15) is 8.42 Å². The molecule has 18 heavy (non-hydrogen) atoms.